The van der Waals surface area contributed by atoms with Crippen LogP contribution in [0.15, 0.2) is 11.4 Å². The lowest BCUT2D eigenvalue weighted by Crippen LogP contribution is -2.39. The van der Waals surface area contributed by atoms with Crippen molar-refractivity contribution in [3.8, 4) is 0 Å². The average molecular weight is 312 g/mol. The van der Waals surface area contributed by atoms with Crippen molar-refractivity contribution in [2.75, 3.05) is 38.7 Å². The number of piperidine rings is 1. The third-order valence-electron chi connectivity index (χ3n) is 3.64. The van der Waals surface area contributed by atoms with Crippen molar-refractivity contribution in [3.63, 3.8) is 0 Å². The van der Waals surface area contributed by atoms with E-state index in [0.29, 0.717) is 23.0 Å². The highest BCUT2D eigenvalue weighted by Gasteiger charge is 2.21. The number of amides is 1. The molecule has 2 heterocycles. The molecule has 7 heteroatoms. The Hall–Kier alpha value is -1.44. The molecule has 1 aromatic heterocycles. The molecule has 0 aromatic carbocycles. The molecule has 1 saturated heterocycles. The third-order valence-corrected chi connectivity index (χ3v) is 4.54. The van der Waals surface area contributed by atoms with E-state index in [1.807, 2.05) is 0 Å². The molecule has 0 unspecified atom stereocenters. The van der Waals surface area contributed by atoms with Crippen LogP contribution in [0, 0.1) is 5.92 Å². The second-order valence-corrected chi connectivity index (χ2v) is 6.02. The predicted molar refractivity (Wildman–Crippen MR) is 80.5 cm³/mol. The second kappa shape index (κ2) is 7.53. The monoisotopic (exact) mass is 312 g/mol. The van der Waals surface area contributed by atoms with Crippen molar-refractivity contribution in [2.24, 2.45) is 5.92 Å². The number of likely N-dealkylation sites (tertiary alicyclic amines) is 1. The largest absolute Gasteiger partial charge is 0.465 e. The van der Waals surface area contributed by atoms with Crippen LogP contribution in [0.2, 0.25) is 0 Å². The molecule has 2 N–H and O–H groups in total. The molecule has 21 heavy (non-hydrogen) atoms. The highest BCUT2D eigenvalue weighted by Crippen LogP contribution is 2.23. The number of methoxy groups -OCH3 is 1. The van der Waals surface area contributed by atoms with Gasteiger partial charge in [0.05, 0.1) is 19.3 Å². The Morgan fingerprint density at radius 1 is 1.48 bits per heavy atom. The predicted octanol–water partition coefficient (Wildman–Crippen LogP) is 1.18. The van der Waals surface area contributed by atoms with Gasteiger partial charge in [0.1, 0.15) is 4.88 Å². The second-order valence-electron chi connectivity index (χ2n) is 5.11. The van der Waals surface area contributed by atoms with Gasteiger partial charge in [0.15, 0.2) is 0 Å². The zero-order valence-corrected chi connectivity index (χ0v) is 12.8. The van der Waals surface area contributed by atoms with E-state index in [-0.39, 0.29) is 12.5 Å². The molecular formula is C14H20N2O4S. The van der Waals surface area contributed by atoms with Crippen LogP contribution < -0.4 is 5.32 Å². The Morgan fingerprint density at radius 2 is 2.19 bits per heavy atom. The summed E-state index contributed by atoms with van der Waals surface area (Å²) in [6, 6.07) is 1.70. The molecule has 0 saturated carbocycles. The Bertz CT molecular complexity index is 495. The molecule has 0 radical (unpaired) electrons. The summed E-state index contributed by atoms with van der Waals surface area (Å²) in [4.78, 5) is 26.1. The van der Waals surface area contributed by atoms with E-state index in [2.05, 4.69) is 15.0 Å². The Kier molecular flexibility index (Phi) is 5.72. The number of ether oxygens (including phenoxy) is 1. The Morgan fingerprint density at radius 3 is 2.81 bits per heavy atom. The number of carbonyl (C=O) groups excluding carboxylic acids is 2. The quantitative estimate of drug-likeness (QED) is 0.798. The first-order valence-electron chi connectivity index (χ1n) is 6.93. The topological polar surface area (TPSA) is 78.9 Å². The first-order valence-corrected chi connectivity index (χ1v) is 7.81. The fourth-order valence-corrected chi connectivity index (χ4v) is 3.14. The SMILES string of the molecule is COC(=O)c1sccc1NC(=O)CN1CCC(CO)CC1. The highest BCUT2D eigenvalue weighted by atomic mass is 32.1. The summed E-state index contributed by atoms with van der Waals surface area (Å²) in [5.41, 5.74) is 0.502. The maximum Gasteiger partial charge on any atom is 0.350 e. The summed E-state index contributed by atoms with van der Waals surface area (Å²) in [6.07, 6.45) is 1.82. The molecule has 6 nitrogen and oxygen atoms in total. The van der Waals surface area contributed by atoms with Gasteiger partial charge in [-0.15, -0.1) is 11.3 Å². The van der Waals surface area contributed by atoms with E-state index in [1.54, 1.807) is 11.4 Å². The summed E-state index contributed by atoms with van der Waals surface area (Å²) in [6.45, 7) is 2.14. The van der Waals surface area contributed by atoms with E-state index in [0.717, 1.165) is 25.9 Å². The number of hydrogen-bond donors (Lipinski definition) is 2. The molecule has 0 atom stereocenters. The van der Waals surface area contributed by atoms with Crippen molar-refractivity contribution < 1.29 is 19.4 Å². The van der Waals surface area contributed by atoms with Crippen molar-refractivity contribution in [1.82, 2.24) is 4.90 Å². The number of rotatable bonds is 5. The minimum Gasteiger partial charge on any atom is -0.465 e. The van der Waals surface area contributed by atoms with Crippen LogP contribution in [0.5, 0.6) is 0 Å². The lowest BCUT2D eigenvalue weighted by atomic mass is 9.98. The number of carbonyl (C=O) groups is 2. The van der Waals surface area contributed by atoms with E-state index in [1.165, 1.54) is 18.4 Å². The molecule has 0 spiro atoms. The number of anilines is 1. The van der Waals surface area contributed by atoms with Crippen LogP contribution >= 0.6 is 11.3 Å². The fourth-order valence-electron chi connectivity index (χ4n) is 2.38. The first kappa shape index (κ1) is 15.9. The smallest absolute Gasteiger partial charge is 0.350 e. The Balaban J connectivity index is 1.85. The highest BCUT2D eigenvalue weighted by molar-refractivity contribution is 7.12. The summed E-state index contributed by atoms with van der Waals surface area (Å²) in [5.74, 6) is -0.225. The molecule has 1 fully saturated rings. The van der Waals surface area contributed by atoms with Gasteiger partial charge in [-0.25, -0.2) is 4.79 Å². The fraction of sp³-hybridized carbons (Fsp3) is 0.571. The summed E-state index contributed by atoms with van der Waals surface area (Å²) >= 11 is 1.24. The van der Waals surface area contributed by atoms with E-state index < -0.39 is 5.97 Å². The van der Waals surface area contributed by atoms with Gasteiger partial charge < -0.3 is 15.2 Å². The third kappa shape index (κ3) is 4.26. The van der Waals surface area contributed by atoms with Gasteiger partial charge in [0, 0.05) is 6.61 Å². The number of nitrogens with zero attached hydrogens (tertiary/aromatic N) is 1. The lowest BCUT2D eigenvalue weighted by Gasteiger charge is -2.30. The minimum atomic E-state index is -0.441. The maximum atomic E-state index is 12.0. The van der Waals surface area contributed by atoms with Gasteiger partial charge in [0.2, 0.25) is 5.91 Å². The van der Waals surface area contributed by atoms with E-state index in [9.17, 15) is 9.59 Å². The molecule has 116 valence electrons. The average Bonchev–Trinajstić information content (AvgIpc) is 2.95. The zero-order valence-electron chi connectivity index (χ0n) is 12.0. The van der Waals surface area contributed by atoms with Crippen molar-refractivity contribution in [1.29, 1.82) is 0 Å². The van der Waals surface area contributed by atoms with E-state index in [4.69, 9.17) is 5.11 Å². The minimum absolute atomic E-state index is 0.138. The first-order chi connectivity index (χ1) is 10.1. The van der Waals surface area contributed by atoms with Gasteiger partial charge in [-0.1, -0.05) is 0 Å². The molecule has 1 aliphatic rings. The van der Waals surface area contributed by atoms with Crippen LogP contribution in [-0.4, -0.2) is 55.2 Å². The summed E-state index contributed by atoms with van der Waals surface area (Å²) in [5, 5.41) is 13.6. The van der Waals surface area contributed by atoms with Crippen molar-refractivity contribution >= 4 is 28.9 Å². The molecule has 0 aliphatic carbocycles. The van der Waals surface area contributed by atoms with E-state index >= 15 is 0 Å². The summed E-state index contributed by atoms with van der Waals surface area (Å²) < 4.78 is 4.68. The number of nitrogens with one attached hydrogen (secondary N) is 1. The van der Waals surface area contributed by atoms with Gasteiger partial charge in [-0.3, -0.25) is 9.69 Å². The van der Waals surface area contributed by atoms with Crippen LogP contribution in [-0.2, 0) is 9.53 Å². The standard InChI is InChI=1S/C14H20N2O4S/c1-20-14(19)13-11(4-7-21-13)15-12(18)8-16-5-2-10(9-17)3-6-16/h4,7,10,17H,2-3,5-6,8-9H2,1H3,(H,15,18). The molecule has 1 amide bonds. The number of aliphatic hydroxyl groups excluding tert-OH is 1. The number of hydrogen-bond acceptors (Lipinski definition) is 6. The normalized spacial score (nSPS) is 16.7. The molecular weight excluding hydrogens is 292 g/mol. The van der Waals surface area contributed by atoms with Crippen LogP contribution in [0.4, 0.5) is 5.69 Å². The van der Waals surface area contributed by atoms with Crippen LogP contribution in [0.1, 0.15) is 22.5 Å². The maximum absolute atomic E-state index is 12.0. The van der Waals surface area contributed by atoms with Crippen LogP contribution in [0.3, 0.4) is 0 Å². The number of esters is 1. The van der Waals surface area contributed by atoms with Crippen molar-refractivity contribution in [3.05, 3.63) is 16.3 Å². The number of thiophene rings is 1. The summed E-state index contributed by atoms with van der Waals surface area (Å²) in [7, 11) is 1.32. The Labute approximate surface area is 127 Å². The van der Waals surface area contributed by atoms with Gasteiger partial charge in [-0.2, -0.15) is 0 Å². The lowest BCUT2D eigenvalue weighted by molar-refractivity contribution is -0.117. The van der Waals surface area contributed by atoms with Crippen LogP contribution in [0.25, 0.3) is 0 Å². The number of aliphatic hydroxyl groups is 1. The molecule has 1 aromatic rings. The zero-order chi connectivity index (χ0) is 15.2. The molecule has 2 rings (SSSR count). The van der Waals surface area contributed by atoms with Crippen molar-refractivity contribution in [2.45, 2.75) is 12.8 Å². The van der Waals surface area contributed by atoms with Gasteiger partial charge >= 0.3 is 5.97 Å². The van der Waals surface area contributed by atoms with Gasteiger partial charge in [0.25, 0.3) is 0 Å². The van der Waals surface area contributed by atoms with Gasteiger partial charge in [-0.05, 0) is 43.3 Å². The molecule has 1 aliphatic heterocycles. The molecule has 0 bridgehead atoms.